The summed E-state index contributed by atoms with van der Waals surface area (Å²) in [5.41, 5.74) is 9.80. The standard InChI is InChI=1S/C15H22N2O/c1-18-13-6-3-5-12(10-13)17-9-8-11-4-2-7-14(16)15(11)17/h2,4,7,12-13H,3,5-6,8-10,16H2,1H3. The van der Waals surface area contributed by atoms with Crippen LogP contribution in [0.3, 0.4) is 0 Å². The Hall–Kier alpha value is -1.22. The second kappa shape index (κ2) is 4.81. The highest BCUT2D eigenvalue weighted by Crippen LogP contribution is 2.38. The number of anilines is 2. The van der Waals surface area contributed by atoms with Crippen molar-refractivity contribution in [3.05, 3.63) is 23.8 Å². The molecule has 0 amide bonds. The molecule has 3 heteroatoms. The minimum Gasteiger partial charge on any atom is -0.397 e. The van der Waals surface area contributed by atoms with Crippen LogP contribution in [-0.4, -0.2) is 25.8 Å². The molecule has 2 atom stereocenters. The van der Waals surface area contributed by atoms with Crippen LogP contribution >= 0.6 is 0 Å². The van der Waals surface area contributed by atoms with Crippen LogP contribution in [0.1, 0.15) is 31.2 Å². The van der Waals surface area contributed by atoms with Gasteiger partial charge in [0, 0.05) is 19.7 Å². The number of hydrogen-bond acceptors (Lipinski definition) is 3. The third-order valence-electron chi connectivity index (χ3n) is 4.43. The largest absolute Gasteiger partial charge is 0.397 e. The summed E-state index contributed by atoms with van der Waals surface area (Å²) >= 11 is 0. The lowest BCUT2D eigenvalue weighted by Gasteiger charge is -2.36. The molecule has 1 heterocycles. The van der Waals surface area contributed by atoms with Gasteiger partial charge in [0.25, 0.3) is 0 Å². The fourth-order valence-corrected chi connectivity index (χ4v) is 3.50. The highest BCUT2D eigenvalue weighted by molar-refractivity contribution is 5.74. The quantitative estimate of drug-likeness (QED) is 0.815. The van der Waals surface area contributed by atoms with Gasteiger partial charge in [0.1, 0.15) is 0 Å². The molecule has 1 saturated carbocycles. The van der Waals surface area contributed by atoms with Crippen LogP contribution in [0.25, 0.3) is 0 Å². The molecule has 0 radical (unpaired) electrons. The molecule has 1 aromatic rings. The number of nitrogens with zero attached hydrogens (tertiary/aromatic N) is 1. The number of benzene rings is 1. The summed E-state index contributed by atoms with van der Waals surface area (Å²) < 4.78 is 5.54. The van der Waals surface area contributed by atoms with Gasteiger partial charge in [0.15, 0.2) is 0 Å². The molecular weight excluding hydrogens is 224 g/mol. The zero-order valence-corrected chi connectivity index (χ0v) is 11.1. The molecule has 3 rings (SSSR count). The van der Waals surface area contributed by atoms with E-state index >= 15 is 0 Å². The van der Waals surface area contributed by atoms with Gasteiger partial charge < -0.3 is 15.4 Å². The number of fused-ring (bicyclic) bond motifs is 1. The smallest absolute Gasteiger partial charge is 0.0635 e. The van der Waals surface area contributed by atoms with E-state index in [9.17, 15) is 0 Å². The average molecular weight is 246 g/mol. The van der Waals surface area contributed by atoms with Crippen LogP contribution in [0.5, 0.6) is 0 Å². The van der Waals surface area contributed by atoms with Crippen molar-refractivity contribution in [1.29, 1.82) is 0 Å². The Kier molecular flexibility index (Phi) is 3.16. The lowest BCUT2D eigenvalue weighted by atomic mass is 9.91. The van der Waals surface area contributed by atoms with Crippen LogP contribution in [-0.2, 0) is 11.2 Å². The molecule has 0 saturated heterocycles. The van der Waals surface area contributed by atoms with Crippen molar-refractivity contribution >= 4 is 11.4 Å². The summed E-state index contributed by atoms with van der Waals surface area (Å²) in [4.78, 5) is 2.52. The van der Waals surface area contributed by atoms with Crippen molar-refractivity contribution in [2.24, 2.45) is 0 Å². The van der Waals surface area contributed by atoms with E-state index in [2.05, 4.69) is 17.0 Å². The number of para-hydroxylation sites is 1. The topological polar surface area (TPSA) is 38.5 Å². The molecule has 2 aliphatic rings. The van der Waals surface area contributed by atoms with Gasteiger partial charge in [0.05, 0.1) is 17.5 Å². The first-order valence-corrected chi connectivity index (χ1v) is 6.96. The van der Waals surface area contributed by atoms with Crippen molar-refractivity contribution in [3.8, 4) is 0 Å². The number of nitrogen functional groups attached to an aromatic ring is 1. The predicted octanol–water partition coefficient (Wildman–Crippen LogP) is 2.59. The molecule has 98 valence electrons. The predicted molar refractivity (Wildman–Crippen MR) is 75.0 cm³/mol. The average Bonchev–Trinajstić information content (AvgIpc) is 2.84. The van der Waals surface area contributed by atoms with Gasteiger partial charge in [-0.15, -0.1) is 0 Å². The molecule has 0 aromatic heterocycles. The van der Waals surface area contributed by atoms with Crippen molar-refractivity contribution in [2.45, 2.75) is 44.2 Å². The Morgan fingerprint density at radius 2 is 2.22 bits per heavy atom. The van der Waals surface area contributed by atoms with E-state index in [-0.39, 0.29) is 0 Å². The minimum absolute atomic E-state index is 0.428. The summed E-state index contributed by atoms with van der Waals surface area (Å²) in [6, 6.07) is 6.90. The Bertz CT molecular complexity index is 433. The summed E-state index contributed by atoms with van der Waals surface area (Å²) in [6.45, 7) is 1.12. The molecule has 1 aliphatic heterocycles. The van der Waals surface area contributed by atoms with Crippen LogP contribution in [0.4, 0.5) is 11.4 Å². The van der Waals surface area contributed by atoms with E-state index in [0.29, 0.717) is 12.1 Å². The number of hydrogen-bond donors (Lipinski definition) is 1. The van der Waals surface area contributed by atoms with Crippen molar-refractivity contribution in [1.82, 2.24) is 0 Å². The van der Waals surface area contributed by atoms with E-state index in [1.54, 1.807) is 0 Å². The second-order valence-electron chi connectivity index (χ2n) is 5.48. The third kappa shape index (κ3) is 1.97. The third-order valence-corrected chi connectivity index (χ3v) is 4.43. The molecule has 3 nitrogen and oxygen atoms in total. The highest BCUT2D eigenvalue weighted by Gasteiger charge is 2.31. The van der Waals surface area contributed by atoms with Crippen LogP contribution in [0, 0.1) is 0 Å². The Labute approximate surface area is 109 Å². The zero-order valence-electron chi connectivity index (χ0n) is 11.1. The van der Waals surface area contributed by atoms with Gasteiger partial charge in [0.2, 0.25) is 0 Å². The van der Waals surface area contributed by atoms with E-state index in [1.165, 1.54) is 30.5 Å². The molecule has 0 bridgehead atoms. The lowest BCUT2D eigenvalue weighted by Crippen LogP contribution is -2.40. The Morgan fingerprint density at radius 1 is 1.33 bits per heavy atom. The first-order valence-electron chi connectivity index (χ1n) is 6.96. The maximum Gasteiger partial charge on any atom is 0.0635 e. The van der Waals surface area contributed by atoms with Gasteiger partial charge in [-0.2, -0.15) is 0 Å². The maximum absolute atomic E-state index is 6.16. The summed E-state index contributed by atoms with van der Waals surface area (Å²) in [6.07, 6.45) is 6.45. The van der Waals surface area contributed by atoms with Gasteiger partial charge in [-0.1, -0.05) is 12.1 Å². The molecule has 1 aliphatic carbocycles. The normalized spacial score (nSPS) is 27.3. The van der Waals surface area contributed by atoms with Crippen molar-refractivity contribution in [2.75, 3.05) is 24.3 Å². The van der Waals surface area contributed by atoms with Crippen molar-refractivity contribution in [3.63, 3.8) is 0 Å². The van der Waals surface area contributed by atoms with E-state index < -0.39 is 0 Å². The summed E-state index contributed by atoms with van der Waals surface area (Å²) in [5, 5.41) is 0. The van der Waals surface area contributed by atoms with E-state index in [4.69, 9.17) is 10.5 Å². The first kappa shape index (κ1) is 11.8. The lowest BCUT2D eigenvalue weighted by molar-refractivity contribution is 0.0633. The highest BCUT2D eigenvalue weighted by atomic mass is 16.5. The number of nitrogens with two attached hydrogens (primary N) is 1. The molecule has 2 N–H and O–H groups in total. The van der Waals surface area contributed by atoms with E-state index in [1.807, 2.05) is 13.2 Å². The molecule has 0 spiro atoms. The van der Waals surface area contributed by atoms with Crippen LogP contribution in [0.2, 0.25) is 0 Å². The fraction of sp³-hybridized carbons (Fsp3) is 0.600. The Morgan fingerprint density at radius 3 is 3.06 bits per heavy atom. The summed E-state index contributed by atoms with van der Waals surface area (Å²) in [7, 11) is 1.83. The van der Waals surface area contributed by atoms with Crippen LogP contribution in [0.15, 0.2) is 18.2 Å². The molecular formula is C15H22N2O. The van der Waals surface area contributed by atoms with E-state index in [0.717, 1.165) is 25.1 Å². The fourth-order valence-electron chi connectivity index (χ4n) is 3.50. The SMILES string of the molecule is COC1CCCC(N2CCc3cccc(N)c32)C1. The zero-order chi connectivity index (χ0) is 12.5. The van der Waals surface area contributed by atoms with Gasteiger partial charge in [-0.05, 0) is 43.7 Å². The monoisotopic (exact) mass is 246 g/mol. The molecule has 1 aromatic carbocycles. The van der Waals surface area contributed by atoms with Crippen LogP contribution < -0.4 is 10.6 Å². The first-order chi connectivity index (χ1) is 8.79. The minimum atomic E-state index is 0.428. The number of ether oxygens (including phenoxy) is 1. The van der Waals surface area contributed by atoms with Gasteiger partial charge >= 0.3 is 0 Å². The molecule has 2 unspecified atom stereocenters. The van der Waals surface area contributed by atoms with Gasteiger partial charge in [-0.25, -0.2) is 0 Å². The molecule has 18 heavy (non-hydrogen) atoms. The summed E-state index contributed by atoms with van der Waals surface area (Å²) in [5.74, 6) is 0. The van der Waals surface area contributed by atoms with Crippen molar-refractivity contribution < 1.29 is 4.74 Å². The number of methoxy groups -OCH3 is 1. The van der Waals surface area contributed by atoms with Gasteiger partial charge in [-0.3, -0.25) is 0 Å². The second-order valence-corrected chi connectivity index (χ2v) is 5.48. The molecule has 1 fully saturated rings. The maximum atomic E-state index is 6.16. The Balaban J connectivity index is 1.83. The number of rotatable bonds is 2.